The van der Waals surface area contributed by atoms with Crippen LogP contribution >= 0.6 is 0 Å². The monoisotopic (exact) mass is 599 g/mol. The minimum atomic E-state index is -3.74. The number of aromatic amines is 1. The van der Waals surface area contributed by atoms with E-state index in [1.807, 2.05) is 48.5 Å². The quantitative estimate of drug-likeness (QED) is 0.150. The molecular weight excluding hydrogens is 566 g/mol. The number of rotatable bonds is 9. The number of aromatic nitrogens is 1. The molecule has 0 radical (unpaired) electrons. The molecule has 1 amide bonds. The number of carbonyl (C=O) groups excluding carboxylic acids is 1. The third kappa shape index (κ3) is 7.34. The van der Waals surface area contributed by atoms with Crippen LogP contribution in [-0.4, -0.2) is 42.7 Å². The lowest BCUT2D eigenvalue weighted by molar-refractivity contribution is 0.0525. The van der Waals surface area contributed by atoms with E-state index in [0.717, 1.165) is 27.3 Å². The van der Waals surface area contributed by atoms with Crippen LogP contribution in [0.4, 0.5) is 10.5 Å². The molecule has 0 fully saturated rings. The molecule has 1 aromatic heterocycles. The molecule has 1 unspecified atom stereocenters. The lowest BCUT2D eigenvalue weighted by Crippen LogP contribution is -2.35. The molecule has 5 rings (SSSR count). The van der Waals surface area contributed by atoms with E-state index >= 15 is 0 Å². The van der Waals surface area contributed by atoms with E-state index in [0.29, 0.717) is 16.8 Å². The van der Waals surface area contributed by atoms with Gasteiger partial charge in [0.25, 0.3) is 0 Å². The average molecular weight is 600 g/mol. The molecule has 0 aliphatic rings. The summed E-state index contributed by atoms with van der Waals surface area (Å²) in [5.74, 6) is -1.70. The van der Waals surface area contributed by atoms with E-state index < -0.39 is 33.6 Å². The Kier molecular flexibility index (Phi) is 8.14. The van der Waals surface area contributed by atoms with Crippen molar-refractivity contribution >= 4 is 49.4 Å². The normalized spacial score (nSPS) is 12.6. The number of alkyl carbamates (subject to hydrolysis) is 1. The van der Waals surface area contributed by atoms with Crippen LogP contribution in [0.1, 0.15) is 53.9 Å². The highest BCUT2D eigenvalue weighted by molar-refractivity contribution is 7.91. The molecule has 0 aliphatic heterocycles. The third-order valence-electron chi connectivity index (χ3n) is 6.87. The molecule has 43 heavy (non-hydrogen) atoms. The molecule has 0 saturated heterocycles. The number of anilines is 1. The highest BCUT2D eigenvalue weighted by atomic mass is 32.2. The lowest BCUT2D eigenvalue weighted by Gasteiger charge is -2.24. The number of benzene rings is 4. The van der Waals surface area contributed by atoms with E-state index in [2.05, 4.69) is 15.0 Å². The number of aromatic carboxylic acids is 1. The average Bonchev–Trinajstić information content (AvgIpc) is 3.36. The highest BCUT2D eigenvalue weighted by Gasteiger charge is 2.23. The molecule has 9 nitrogen and oxygen atoms in total. The molecule has 5 aromatic rings. The van der Waals surface area contributed by atoms with Gasteiger partial charge in [0.15, 0.2) is 0 Å². The van der Waals surface area contributed by atoms with Gasteiger partial charge < -0.3 is 20.1 Å². The van der Waals surface area contributed by atoms with Crippen molar-refractivity contribution in [2.24, 2.45) is 0 Å². The third-order valence-corrected chi connectivity index (χ3v) is 8.13. The summed E-state index contributed by atoms with van der Waals surface area (Å²) < 4.78 is 34.6. The van der Waals surface area contributed by atoms with Crippen molar-refractivity contribution in [1.29, 1.82) is 0 Å². The first kappa shape index (κ1) is 29.7. The van der Waals surface area contributed by atoms with Gasteiger partial charge in [-0.1, -0.05) is 66.7 Å². The van der Waals surface area contributed by atoms with Gasteiger partial charge in [-0.3, -0.25) is 4.72 Å². The summed E-state index contributed by atoms with van der Waals surface area (Å²) in [6.07, 6.45) is -0.587. The number of carbonyl (C=O) groups is 2. The predicted octanol–water partition coefficient (Wildman–Crippen LogP) is 6.62. The molecule has 0 bridgehead atoms. The second-order valence-corrected chi connectivity index (χ2v) is 13.1. The van der Waals surface area contributed by atoms with Gasteiger partial charge in [-0.05, 0) is 72.5 Å². The zero-order valence-corrected chi connectivity index (χ0v) is 24.9. The fourth-order valence-corrected chi connectivity index (χ4v) is 6.26. The van der Waals surface area contributed by atoms with Gasteiger partial charge in [-0.15, -0.1) is 0 Å². The number of hydrogen-bond acceptors (Lipinski definition) is 5. The topological polar surface area (TPSA) is 138 Å². The Balaban J connectivity index is 1.58. The molecule has 0 spiro atoms. The van der Waals surface area contributed by atoms with Gasteiger partial charge >= 0.3 is 12.1 Å². The number of carboxylic acids is 1. The highest BCUT2D eigenvalue weighted by Crippen LogP contribution is 2.35. The van der Waals surface area contributed by atoms with Crippen LogP contribution in [0.15, 0.2) is 91.0 Å². The maximum Gasteiger partial charge on any atom is 0.407 e. The first-order valence-corrected chi connectivity index (χ1v) is 15.4. The second-order valence-electron chi connectivity index (χ2n) is 11.4. The summed E-state index contributed by atoms with van der Waals surface area (Å²) in [6, 6.07) is 27.2. The van der Waals surface area contributed by atoms with Crippen LogP contribution in [0.5, 0.6) is 0 Å². The number of carboxylic acid groups (broad SMARTS) is 1. The zero-order valence-electron chi connectivity index (χ0n) is 24.0. The van der Waals surface area contributed by atoms with Gasteiger partial charge in [0.1, 0.15) is 11.3 Å². The molecule has 4 N–H and O–H groups in total. The predicted molar refractivity (Wildman–Crippen MR) is 168 cm³/mol. The fraction of sp³-hybridized carbons (Fsp3) is 0.212. The van der Waals surface area contributed by atoms with E-state index in [4.69, 9.17) is 4.74 Å². The molecule has 222 valence electrons. The van der Waals surface area contributed by atoms with E-state index in [1.54, 1.807) is 63.2 Å². The minimum absolute atomic E-state index is 0.0656. The van der Waals surface area contributed by atoms with Crippen LogP contribution in [0.2, 0.25) is 0 Å². The molecule has 4 aromatic carbocycles. The first-order chi connectivity index (χ1) is 20.4. The van der Waals surface area contributed by atoms with Crippen molar-refractivity contribution in [2.45, 2.75) is 38.0 Å². The largest absolute Gasteiger partial charge is 0.477 e. The summed E-state index contributed by atoms with van der Waals surface area (Å²) in [5.41, 5.74) is 2.61. The van der Waals surface area contributed by atoms with Crippen molar-refractivity contribution in [3.05, 3.63) is 113 Å². The number of ether oxygens (including phenoxy) is 1. The summed E-state index contributed by atoms with van der Waals surface area (Å²) in [4.78, 5) is 27.2. The lowest BCUT2D eigenvalue weighted by atomic mass is 9.87. The Bertz CT molecular complexity index is 1910. The Morgan fingerprint density at radius 1 is 0.907 bits per heavy atom. The van der Waals surface area contributed by atoms with Crippen LogP contribution < -0.4 is 10.0 Å². The van der Waals surface area contributed by atoms with Crippen molar-refractivity contribution in [1.82, 2.24) is 10.3 Å². The smallest absolute Gasteiger partial charge is 0.407 e. The molecule has 0 aliphatic carbocycles. The van der Waals surface area contributed by atoms with Crippen LogP contribution in [0.25, 0.3) is 21.7 Å². The van der Waals surface area contributed by atoms with E-state index in [-0.39, 0.29) is 18.0 Å². The van der Waals surface area contributed by atoms with Crippen molar-refractivity contribution < 1.29 is 27.9 Å². The second kappa shape index (κ2) is 11.8. The van der Waals surface area contributed by atoms with Crippen molar-refractivity contribution in [2.75, 3.05) is 11.3 Å². The van der Waals surface area contributed by atoms with Crippen molar-refractivity contribution in [3.63, 3.8) is 0 Å². The number of nitrogens with one attached hydrogen (secondary N) is 3. The summed E-state index contributed by atoms with van der Waals surface area (Å²) in [5, 5.41) is 14.8. The standard InChI is InChI=1S/C33H33N3O6S/c1-33(2,3)42-32(39)34-19-28(23-13-14-24-17-30(31(37)38)35-29(24)16-23)27-18-25(15-22-11-7-8-12-26(22)27)36-43(40,41)20-21-9-5-4-6-10-21/h4-18,28,35-36H,19-20H2,1-3H3,(H,34,39)(H,37,38). The molecule has 1 heterocycles. The Labute approximate surface area is 249 Å². The zero-order chi connectivity index (χ0) is 30.8. The maximum absolute atomic E-state index is 13.2. The maximum atomic E-state index is 13.2. The Hall–Kier alpha value is -4.83. The van der Waals surface area contributed by atoms with Gasteiger partial charge in [0, 0.05) is 29.1 Å². The molecule has 0 saturated carbocycles. The number of sulfonamides is 1. The van der Waals surface area contributed by atoms with Gasteiger partial charge in [-0.25, -0.2) is 18.0 Å². The van der Waals surface area contributed by atoms with E-state index in [1.165, 1.54) is 0 Å². The van der Waals surface area contributed by atoms with Crippen LogP contribution in [-0.2, 0) is 20.5 Å². The van der Waals surface area contributed by atoms with Gasteiger partial charge in [0.05, 0.1) is 5.75 Å². The Morgan fingerprint density at radius 3 is 2.35 bits per heavy atom. The number of hydrogen-bond donors (Lipinski definition) is 4. The molecule has 1 atom stereocenters. The van der Waals surface area contributed by atoms with Gasteiger partial charge in [-0.2, -0.15) is 0 Å². The molecule has 10 heteroatoms. The minimum Gasteiger partial charge on any atom is -0.477 e. The summed E-state index contributed by atoms with van der Waals surface area (Å²) in [7, 11) is -3.74. The first-order valence-electron chi connectivity index (χ1n) is 13.8. The summed E-state index contributed by atoms with van der Waals surface area (Å²) in [6.45, 7) is 5.47. The number of H-pyrrole nitrogens is 1. The SMILES string of the molecule is CC(C)(C)OC(=O)NCC(c1ccc2cc(C(=O)O)[nH]c2c1)c1cc(NS(=O)(=O)Cc2ccccc2)cc2ccccc12. The number of amides is 1. The van der Waals surface area contributed by atoms with E-state index in [9.17, 15) is 23.1 Å². The number of fused-ring (bicyclic) bond motifs is 2. The Morgan fingerprint density at radius 2 is 1.63 bits per heavy atom. The van der Waals surface area contributed by atoms with Gasteiger partial charge in [0.2, 0.25) is 10.0 Å². The summed E-state index contributed by atoms with van der Waals surface area (Å²) >= 11 is 0. The van der Waals surface area contributed by atoms with Crippen LogP contribution in [0, 0.1) is 0 Å². The fourth-order valence-electron chi connectivity index (χ4n) is 5.08. The molecular formula is C33H33N3O6S. The van der Waals surface area contributed by atoms with Crippen molar-refractivity contribution in [3.8, 4) is 0 Å². The van der Waals surface area contributed by atoms with Crippen LogP contribution in [0.3, 0.4) is 0 Å².